The third-order valence-electron chi connectivity index (χ3n) is 5.06. The van der Waals surface area contributed by atoms with Crippen LogP contribution in [0.4, 0.5) is 5.69 Å². The van der Waals surface area contributed by atoms with Crippen LogP contribution in [0.5, 0.6) is 0 Å². The highest BCUT2D eigenvalue weighted by Gasteiger charge is 2.41. The number of esters is 3. The maximum Gasteiger partial charge on any atom is 0.355 e. The summed E-state index contributed by atoms with van der Waals surface area (Å²) in [6.07, 6.45) is 1.59. The molecule has 1 atom stereocenters. The van der Waals surface area contributed by atoms with Gasteiger partial charge in [0.05, 0.1) is 26.9 Å². The minimum atomic E-state index is -0.792. The molecule has 0 bridgehead atoms. The van der Waals surface area contributed by atoms with Crippen molar-refractivity contribution in [3.8, 4) is 0 Å². The van der Waals surface area contributed by atoms with Gasteiger partial charge in [-0.25, -0.2) is 14.4 Å². The molecule has 0 radical (unpaired) electrons. The lowest BCUT2D eigenvalue weighted by Gasteiger charge is -2.34. The van der Waals surface area contributed by atoms with Crippen molar-refractivity contribution in [3.63, 3.8) is 0 Å². The molecule has 1 heterocycles. The van der Waals surface area contributed by atoms with Crippen LogP contribution in [0.25, 0.3) is 0 Å². The monoisotopic (exact) mass is 499 g/mol. The molecule has 0 spiro atoms. The van der Waals surface area contributed by atoms with Crippen molar-refractivity contribution >= 4 is 39.5 Å². The Hall–Kier alpha value is -3.39. The highest BCUT2D eigenvalue weighted by Crippen LogP contribution is 2.41. The van der Waals surface area contributed by atoms with Crippen LogP contribution >= 0.6 is 15.9 Å². The van der Waals surface area contributed by atoms with Gasteiger partial charge < -0.3 is 14.2 Å². The fourth-order valence-corrected chi connectivity index (χ4v) is 3.76. The van der Waals surface area contributed by atoms with Gasteiger partial charge in [0.2, 0.25) is 0 Å². The maximum absolute atomic E-state index is 13.0. The summed E-state index contributed by atoms with van der Waals surface area (Å²) in [7, 11) is 3.70. The summed E-state index contributed by atoms with van der Waals surface area (Å²) >= 11 is 3.37. The van der Waals surface area contributed by atoms with E-state index in [4.69, 9.17) is 14.2 Å². The number of hydrogen-bond donors (Lipinski definition) is 0. The Morgan fingerprint density at radius 3 is 1.91 bits per heavy atom. The molecule has 32 heavy (non-hydrogen) atoms. The van der Waals surface area contributed by atoms with Gasteiger partial charge >= 0.3 is 17.9 Å². The van der Waals surface area contributed by atoms with Gasteiger partial charge in [-0.2, -0.15) is 0 Å². The van der Waals surface area contributed by atoms with E-state index in [0.717, 1.165) is 10.0 Å². The van der Waals surface area contributed by atoms with E-state index >= 15 is 0 Å². The number of carbonyl (C=O) groups is 3. The summed E-state index contributed by atoms with van der Waals surface area (Å²) in [5.41, 5.74) is 2.21. The molecule has 8 heteroatoms. The van der Waals surface area contributed by atoms with Crippen LogP contribution < -0.4 is 4.90 Å². The van der Waals surface area contributed by atoms with Crippen molar-refractivity contribution < 1.29 is 28.6 Å². The van der Waals surface area contributed by atoms with Crippen molar-refractivity contribution in [2.24, 2.45) is 0 Å². The third kappa shape index (κ3) is 4.45. The Kier molecular flexibility index (Phi) is 7.15. The number of hydrogen-bond acceptors (Lipinski definition) is 7. The molecule has 2 aromatic carbocycles. The predicted molar refractivity (Wildman–Crippen MR) is 122 cm³/mol. The molecular weight excluding hydrogens is 478 g/mol. The molecular formula is C24H22BrNO6. The second kappa shape index (κ2) is 9.82. The SMILES string of the molecule is COC(=O)C1=CC(c2ccc(C)cc2)C(C(=O)OC)=C(C(=O)OC)N1c1ccc(Br)cc1. The van der Waals surface area contributed by atoms with Gasteiger partial charge in [0, 0.05) is 16.1 Å². The number of methoxy groups -OCH3 is 3. The molecule has 1 aliphatic heterocycles. The number of aryl methyl sites for hydroxylation is 1. The molecule has 2 aromatic rings. The first kappa shape index (κ1) is 23.3. The molecule has 0 aliphatic carbocycles. The number of anilines is 1. The van der Waals surface area contributed by atoms with E-state index in [1.165, 1.54) is 26.2 Å². The molecule has 0 fully saturated rings. The first-order chi connectivity index (χ1) is 15.3. The number of halogens is 1. The van der Waals surface area contributed by atoms with Gasteiger partial charge in [-0.15, -0.1) is 0 Å². The van der Waals surface area contributed by atoms with Crippen LogP contribution in [0, 0.1) is 6.92 Å². The van der Waals surface area contributed by atoms with Gasteiger partial charge in [-0.1, -0.05) is 45.8 Å². The van der Waals surface area contributed by atoms with E-state index < -0.39 is 23.8 Å². The smallest absolute Gasteiger partial charge is 0.355 e. The third-order valence-corrected chi connectivity index (χ3v) is 5.58. The maximum atomic E-state index is 13.0. The van der Waals surface area contributed by atoms with Crippen molar-refractivity contribution in [1.82, 2.24) is 0 Å². The number of allylic oxidation sites excluding steroid dienone is 1. The van der Waals surface area contributed by atoms with Crippen LogP contribution in [-0.2, 0) is 28.6 Å². The largest absolute Gasteiger partial charge is 0.466 e. The average molecular weight is 500 g/mol. The van der Waals surface area contributed by atoms with Crippen molar-refractivity contribution in [2.75, 3.05) is 26.2 Å². The van der Waals surface area contributed by atoms with Crippen molar-refractivity contribution in [2.45, 2.75) is 12.8 Å². The second-order valence-electron chi connectivity index (χ2n) is 6.99. The first-order valence-corrected chi connectivity index (χ1v) is 10.4. The highest BCUT2D eigenvalue weighted by atomic mass is 79.9. The summed E-state index contributed by atoms with van der Waals surface area (Å²) in [5, 5.41) is 0. The van der Waals surface area contributed by atoms with E-state index in [9.17, 15) is 14.4 Å². The van der Waals surface area contributed by atoms with Gasteiger partial charge in [-0.05, 0) is 42.8 Å². The molecule has 0 aromatic heterocycles. The van der Waals surface area contributed by atoms with Crippen LogP contribution in [0.3, 0.4) is 0 Å². The number of carbonyl (C=O) groups excluding carboxylic acids is 3. The van der Waals surface area contributed by atoms with E-state index in [2.05, 4.69) is 15.9 Å². The lowest BCUT2D eigenvalue weighted by atomic mass is 9.85. The summed E-state index contributed by atoms with van der Waals surface area (Å²) < 4.78 is 15.9. The standard InChI is InChI=1S/C24H22BrNO6/c1-14-5-7-15(8-6-14)18-13-19(22(27)30-2)26(17-11-9-16(25)10-12-17)21(24(29)32-4)20(18)23(28)31-3/h5-13,18H,1-4H3. The van der Waals surface area contributed by atoms with Crippen LogP contribution in [-0.4, -0.2) is 39.2 Å². The molecule has 1 aliphatic rings. The lowest BCUT2D eigenvalue weighted by Crippen LogP contribution is -2.38. The molecule has 0 amide bonds. The highest BCUT2D eigenvalue weighted by molar-refractivity contribution is 9.10. The molecule has 0 saturated heterocycles. The molecule has 166 valence electrons. The molecule has 1 unspecified atom stereocenters. The minimum Gasteiger partial charge on any atom is -0.466 e. The van der Waals surface area contributed by atoms with E-state index in [-0.39, 0.29) is 17.0 Å². The molecule has 0 saturated carbocycles. The van der Waals surface area contributed by atoms with Crippen LogP contribution in [0.1, 0.15) is 17.0 Å². The van der Waals surface area contributed by atoms with E-state index in [1.54, 1.807) is 30.3 Å². The van der Waals surface area contributed by atoms with Crippen LogP contribution in [0.15, 0.2) is 76.0 Å². The average Bonchev–Trinajstić information content (AvgIpc) is 2.82. The van der Waals surface area contributed by atoms with Crippen LogP contribution in [0.2, 0.25) is 0 Å². The number of benzene rings is 2. The zero-order valence-corrected chi connectivity index (χ0v) is 19.6. The normalized spacial score (nSPS) is 15.7. The van der Waals surface area contributed by atoms with Gasteiger partial charge in [-0.3, -0.25) is 4.90 Å². The molecule has 3 rings (SSSR count). The minimum absolute atomic E-state index is 0.0544. The molecule has 0 N–H and O–H groups in total. The van der Waals surface area contributed by atoms with Gasteiger partial charge in [0.15, 0.2) is 0 Å². The Labute approximate surface area is 194 Å². The number of nitrogens with zero attached hydrogens (tertiary/aromatic N) is 1. The number of rotatable bonds is 5. The van der Waals surface area contributed by atoms with E-state index in [1.807, 2.05) is 31.2 Å². The summed E-state index contributed by atoms with van der Waals surface area (Å²) in [5.74, 6) is -2.91. The zero-order valence-electron chi connectivity index (χ0n) is 18.0. The Bertz CT molecular complexity index is 1100. The Morgan fingerprint density at radius 1 is 0.812 bits per heavy atom. The predicted octanol–water partition coefficient (Wildman–Crippen LogP) is 4.02. The topological polar surface area (TPSA) is 82.1 Å². The summed E-state index contributed by atoms with van der Waals surface area (Å²) in [6.45, 7) is 1.94. The Balaban J connectivity index is 2.37. The molecule has 7 nitrogen and oxygen atoms in total. The first-order valence-electron chi connectivity index (χ1n) is 9.65. The Morgan fingerprint density at radius 2 is 1.38 bits per heavy atom. The zero-order chi connectivity index (χ0) is 23.4. The second-order valence-corrected chi connectivity index (χ2v) is 7.90. The van der Waals surface area contributed by atoms with Gasteiger partial charge in [0.1, 0.15) is 11.4 Å². The lowest BCUT2D eigenvalue weighted by molar-refractivity contribution is -0.140. The van der Waals surface area contributed by atoms with Crippen molar-refractivity contribution in [3.05, 3.63) is 87.2 Å². The summed E-state index contributed by atoms with van der Waals surface area (Å²) in [6, 6.07) is 14.3. The fraction of sp³-hybridized carbons (Fsp3) is 0.208. The van der Waals surface area contributed by atoms with Gasteiger partial charge in [0.25, 0.3) is 0 Å². The fourth-order valence-electron chi connectivity index (χ4n) is 3.49. The summed E-state index contributed by atoms with van der Waals surface area (Å²) in [4.78, 5) is 40.2. The van der Waals surface area contributed by atoms with Crippen molar-refractivity contribution in [1.29, 1.82) is 0 Å². The number of ether oxygens (including phenoxy) is 3. The van der Waals surface area contributed by atoms with E-state index in [0.29, 0.717) is 11.3 Å². The quantitative estimate of drug-likeness (QED) is 0.453.